The van der Waals surface area contributed by atoms with Gasteiger partial charge in [0, 0.05) is 19.0 Å². The van der Waals surface area contributed by atoms with Crippen LogP contribution in [0.2, 0.25) is 18.1 Å². The van der Waals surface area contributed by atoms with Gasteiger partial charge in [-0.3, -0.25) is 4.84 Å². The van der Waals surface area contributed by atoms with E-state index in [2.05, 4.69) is 76.2 Å². The molecule has 1 aliphatic rings. The molecule has 1 aromatic rings. The first kappa shape index (κ1) is 17.7. The Morgan fingerprint density at radius 3 is 2.41 bits per heavy atom. The quantitative estimate of drug-likeness (QED) is 0.716. The Bertz CT molecular complexity index is 470. The minimum Gasteiger partial charge on any atom is -0.391 e. The van der Waals surface area contributed by atoms with Gasteiger partial charge in [-0.2, -0.15) is 5.06 Å². The highest BCUT2D eigenvalue weighted by Crippen LogP contribution is 2.39. The van der Waals surface area contributed by atoms with Crippen molar-refractivity contribution in [3.05, 3.63) is 35.9 Å². The highest BCUT2D eigenvalue weighted by atomic mass is 28.4. The van der Waals surface area contributed by atoms with Crippen LogP contribution in [0.5, 0.6) is 0 Å². The molecule has 0 bridgehead atoms. The standard InChI is InChI=1S/C18H31NO2Si/c1-7-16-13-17(21-22(5,6)18(2,3)4)20-19(16)14-15-11-9-8-10-12-15/h8-12,16-17H,7,13-14H2,1-6H3/t16-,17+/m0/s1. The fraction of sp³-hybridized carbons (Fsp3) is 0.667. The summed E-state index contributed by atoms with van der Waals surface area (Å²) < 4.78 is 6.44. The van der Waals surface area contributed by atoms with E-state index >= 15 is 0 Å². The van der Waals surface area contributed by atoms with Gasteiger partial charge in [0.15, 0.2) is 14.6 Å². The molecule has 0 saturated carbocycles. The van der Waals surface area contributed by atoms with E-state index in [1.54, 1.807) is 0 Å². The maximum Gasteiger partial charge on any atom is 0.195 e. The largest absolute Gasteiger partial charge is 0.391 e. The van der Waals surface area contributed by atoms with Crippen LogP contribution in [0, 0.1) is 0 Å². The summed E-state index contributed by atoms with van der Waals surface area (Å²) in [6, 6.07) is 11.0. The van der Waals surface area contributed by atoms with E-state index in [9.17, 15) is 0 Å². The zero-order valence-electron chi connectivity index (χ0n) is 14.9. The van der Waals surface area contributed by atoms with E-state index in [4.69, 9.17) is 9.26 Å². The number of benzene rings is 1. The van der Waals surface area contributed by atoms with Gasteiger partial charge in [0.25, 0.3) is 0 Å². The van der Waals surface area contributed by atoms with Gasteiger partial charge in [-0.15, -0.1) is 0 Å². The van der Waals surface area contributed by atoms with Gasteiger partial charge in [0.05, 0.1) is 0 Å². The molecule has 0 N–H and O–H groups in total. The molecule has 2 atom stereocenters. The van der Waals surface area contributed by atoms with Crippen molar-refractivity contribution in [3.63, 3.8) is 0 Å². The molecule has 22 heavy (non-hydrogen) atoms. The van der Waals surface area contributed by atoms with Crippen molar-refractivity contribution in [2.45, 2.75) is 77.5 Å². The molecule has 0 unspecified atom stereocenters. The molecule has 3 nitrogen and oxygen atoms in total. The van der Waals surface area contributed by atoms with Crippen LogP contribution in [-0.4, -0.2) is 25.7 Å². The van der Waals surface area contributed by atoms with Gasteiger partial charge >= 0.3 is 0 Å². The molecular weight excluding hydrogens is 290 g/mol. The first-order chi connectivity index (χ1) is 10.2. The lowest BCUT2D eigenvalue weighted by Crippen LogP contribution is -2.44. The lowest BCUT2D eigenvalue weighted by atomic mass is 10.1. The van der Waals surface area contributed by atoms with Crippen molar-refractivity contribution < 1.29 is 9.26 Å². The van der Waals surface area contributed by atoms with E-state index in [1.807, 2.05) is 0 Å². The third-order valence-corrected chi connectivity index (χ3v) is 9.47. The van der Waals surface area contributed by atoms with Gasteiger partial charge in [-0.25, -0.2) is 0 Å². The van der Waals surface area contributed by atoms with Crippen molar-refractivity contribution in [2.24, 2.45) is 0 Å². The van der Waals surface area contributed by atoms with Crippen molar-refractivity contribution >= 4 is 8.32 Å². The highest BCUT2D eigenvalue weighted by molar-refractivity contribution is 6.74. The summed E-state index contributed by atoms with van der Waals surface area (Å²) in [4.78, 5) is 6.15. The van der Waals surface area contributed by atoms with Gasteiger partial charge in [-0.1, -0.05) is 58.0 Å². The van der Waals surface area contributed by atoms with Crippen LogP contribution in [0.15, 0.2) is 30.3 Å². The zero-order valence-corrected chi connectivity index (χ0v) is 15.9. The van der Waals surface area contributed by atoms with Crippen LogP contribution in [0.25, 0.3) is 0 Å². The summed E-state index contributed by atoms with van der Waals surface area (Å²) >= 11 is 0. The lowest BCUT2D eigenvalue weighted by molar-refractivity contribution is -0.221. The van der Waals surface area contributed by atoms with E-state index in [0.717, 1.165) is 19.4 Å². The summed E-state index contributed by atoms with van der Waals surface area (Å²) in [6.45, 7) is 14.4. The predicted octanol–water partition coefficient (Wildman–Crippen LogP) is 4.95. The van der Waals surface area contributed by atoms with Gasteiger partial charge in [-0.05, 0) is 30.1 Å². The number of rotatable bonds is 5. The third kappa shape index (κ3) is 4.19. The Morgan fingerprint density at radius 1 is 1.23 bits per heavy atom. The molecule has 0 radical (unpaired) electrons. The predicted molar refractivity (Wildman–Crippen MR) is 93.8 cm³/mol. The monoisotopic (exact) mass is 321 g/mol. The molecule has 1 aliphatic heterocycles. The molecule has 2 rings (SSSR count). The minimum atomic E-state index is -1.79. The summed E-state index contributed by atoms with van der Waals surface area (Å²) in [5.74, 6) is 0. The normalized spacial score (nSPS) is 23.9. The van der Waals surface area contributed by atoms with E-state index < -0.39 is 8.32 Å². The van der Waals surface area contributed by atoms with Crippen LogP contribution >= 0.6 is 0 Å². The average Bonchev–Trinajstić information content (AvgIpc) is 2.79. The van der Waals surface area contributed by atoms with Crippen molar-refractivity contribution in [2.75, 3.05) is 0 Å². The molecule has 1 fully saturated rings. The molecule has 1 heterocycles. The maximum absolute atomic E-state index is 6.44. The molecule has 0 aliphatic carbocycles. The van der Waals surface area contributed by atoms with Crippen LogP contribution in [0.1, 0.15) is 46.1 Å². The van der Waals surface area contributed by atoms with Crippen molar-refractivity contribution in [1.29, 1.82) is 0 Å². The first-order valence-electron chi connectivity index (χ1n) is 8.38. The minimum absolute atomic E-state index is 0.0884. The number of hydroxylamine groups is 2. The lowest BCUT2D eigenvalue weighted by Gasteiger charge is -2.37. The van der Waals surface area contributed by atoms with Crippen LogP contribution in [0.3, 0.4) is 0 Å². The molecule has 1 aromatic carbocycles. The Labute approximate surface area is 136 Å². The fourth-order valence-corrected chi connectivity index (χ4v) is 3.64. The van der Waals surface area contributed by atoms with Gasteiger partial charge in [0.1, 0.15) is 0 Å². The Morgan fingerprint density at radius 2 is 1.86 bits per heavy atom. The van der Waals surface area contributed by atoms with Crippen LogP contribution < -0.4 is 0 Å². The van der Waals surface area contributed by atoms with E-state index in [0.29, 0.717) is 6.04 Å². The van der Waals surface area contributed by atoms with Crippen LogP contribution in [-0.2, 0) is 15.8 Å². The average molecular weight is 322 g/mol. The van der Waals surface area contributed by atoms with Gasteiger partial charge < -0.3 is 4.43 Å². The fourth-order valence-electron chi connectivity index (χ4n) is 2.49. The first-order valence-corrected chi connectivity index (χ1v) is 11.3. The van der Waals surface area contributed by atoms with E-state index in [-0.39, 0.29) is 11.3 Å². The molecule has 124 valence electrons. The SMILES string of the molecule is CC[C@H]1C[C@@H](O[Si](C)(C)C(C)(C)C)ON1Cc1ccccc1. The topological polar surface area (TPSA) is 21.7 Å². The Hall–Kier alpha value is -0.683. The molecule has 0 spiro atoms. The molecule has 0 aromatic heterocycles. The summed E-state index contributed by atoms with van der Waals surface area (Å²) in [5.41, 5.74) is 1.29. The van der Waals surface area contributed by atoms with Crippen LogP contribution in [0.4, 0.5) is 0 Å². The van der Waals surface area contributed by atoms with Crippen molar-refractivity contribution in [1.82, 2.24) is 5.06 Å². The zero-order chi connectivity index (χ0) is 16.4. The smallest absolute Gasteiger partial charge is 0.195 e. The summed E-state index contributed by atoms with van der Waals surface area (Å²) in [6.07, 6.45) is 1.97. The summed E-state index contributed by atoms with van der Waals surface area (Å²) in [7, 11) is -1.79. The van der Waals surface area contributed by atoms with E-state index in [1.165, 1.54) is 5.56 Å². The second-order valence-corrected chi connectivity index (χ2v) is 12.5. The maximum atomic E-state index is 6.44. The Kier molecular flexibility index (Phi) is 5.48. The number of nitrogens with zero attached hydrogens (tertiary/aromatic N) is 1. The molecule has 0 amide bonds. The molecular formula is C18H31NO2Si. The summed E-state index contributed by atoms with van der Waals surface area (Å²) in [5, 5.41) is 2.33. The third-order valence-electron chi connectivity index (χ3n) is 5.01. The molecule has 1 saturated heterocycles. The molecule has 4 heteroatoms. The Balaban J connectivity index is 2.00. The van der Waals surface area contributed by atoms with Crippen molar-refractivity contribution in [3.8, 4) is 0 Å². The second-order valence-electron chi connectivity index (χ2n) is 7.77. The highest BCUT2D eigenvalue weighted by Gasteiger charge is 2.43. The second kappa shape index (κ2) is 6.83. The number of hydrogen-bond donors (Lipinski definition) is 0. The van der Waals surface area contributed by atoms with Gasteiger partial charge in [0.2, 0.25) is 0 Å². The number of hydrogen-bond acceptors (Lipinski definition) is 3.